The molecule has 0 radical (unpaired) electrons. The van der Waals surface area contributed by atoms with E-state index in [2.05, 4.69) is 11.4 Å². The smallest absolute Gasteiger partial charge is 0.318 e. The van der Waals surface area contributed by atoms with E-state index in [0.29, 0.717) is 12.5 Å². The first-order chi connectivity index (χ1) is 11.8. The lowest BCUT2D eigenvalue weighted by molar-refractivity contribution is 0.148. The second-order valence-electron chi connectivity index (χ2n) is 6.64. The Labute approximate surface area is 146 Å². The largest absolute Gasteiger partial charge is 0.381 e. The maximum Gasteiger partial charge on any atom is 0.318 e. The molecule has 0 spiro atoms. The number of likely N-dealkylation sites (tertiary alicyclic amines) is 1. The van der Waals surface area contributed by atoms with Gasteiger partial charge < -0.3 is 15.0 Å². The zero-order valence-electron chi connectivity index (χ0n) is 13.7. The number of aromatic nitrogens is 1. The molecule has 2 fully saturated rings. The molecule has 0 saturated carbocycles. The fraction of sp³-hybridized carbons (Fsp3) is 0.556. The number of hydrogen-bond acceptors (Lipinski definition) is 4. The van der Waals surface area contributed by atoms with Crippen molar-refractivity contribution in [2.24, 2.45) is 5.92 Å². The van der Waals surface area contributed by atoms with E-state index in [9.17, 15) is 4.79 Å². The normalized spacial score (nSPS) is 24.4. The minimum Gasteiger partial charge on any atom is -0.381 e. The summed E-state index contributed by atoms with van der Waals surface area (Å²) in [6.45, 7) is 3.11. The molecular weight excluding hydrogens is 322 g/mol. The number of carbonyl (C=O) groups is 1. The highest BCUT2D eigenvalue weighted by Crippen LogP contribution is 2.35. The van der Waals surface area contributed by atoms with Gasteiger partial charge in [-0.3, -0.25) is 0 Å². The van der Waals surface area contributed by atoms with Crippen LogP contribution in [0.1, 0.15) is 36.7 Å². The van der Waals surface area contributed by atoms with Crippen molar-refractivity contribution in [3.05, 3.63) is 29.3 Å². The van der Waals surface area contributed by atoms with E-state index in [1.54, 1.807) is 11.3 Å². The summed E-state index contributed by atoms with van der Waals surface area (Å²) in [6.07, 6.45) is 4.27. The van der Waals surface area contributed by atoms with E-state index >= 15 is 0 Å². The van der Waals surface area contributed by atoms with Gasteiger partial charge in [-0.15, -0.1) is 11.3 Å². The zero-order valence-corrected chi connectivity index (χ0v) is 14.6. The molecule has 2 atom stereocenters. The van der Waals surface area contributed by atoms with Gasteiger partial charge in [-0.25, -0.2) is 9.78 Å². The molecule has 0 aliphatic carbocycles. The molecular formula is C18H23N3O2S. The number of thiazole rings is 1. The van der Waals surface area contributed by atoms with Crippen LogP contribution in [0.2, 0.25) is 0 Å². The number of benzene rings is 1. The highest BCUT2D eigenvalue weighted by molar-refractivity contribution is 7.18. The molecule has 1 N–H and O–H groups in total. The van der Waals surface area contributed by atoms with Crippen molar-refractivity contribution in [1.29, 1.82) is 0 Å². The fourth-order valence-corrected chi connectivity index (χ4v) is 4.66. The molecule has 1 aromatic carbocycles. The number of nitrogens with zero attached hydrogens (tertiary/aromatic N) is 2. The molecule has 3 heterocycles. The molecule has 24 heavy (non-hydrogen) atoms. The summed E-state index contributed by atoms with van der Waals surface area (Å²) < 4.78 is 6.58. The van der Waals surface area contributed by atoms with Gasteiger partial charge in [-0.2, -0.15) is 0 Å². The number of fused-ring (bicyclic) bond motifs is 1. The van der Waals surface area contributed by atoms with Crippen LogP contribution >= 0.6 is 11.3 Å². The van der Waals surface area contributed by atoms with Crippen LogP contribution < -0.4 is 5.32 Å². The summed E-state index contributed by atoms with van der Waals surface area (Å²) in [5.41, 5.74) is 1.03. The third-order valence-corrected chi connectivity index (χ3v) is 6.06. The summed E-state index contributed by atoms with van der Waals surface area (Å²) in [5.74, 6) is 0.458. The average molecular weight is 345 g/mol. The van der Waals surface area contributed by atoms with Gasteiger partial charge in [0.25, 0.3) is 0 Å². The molecule has 2 saturated heterocycles. The molecule has 2 aliphatic heterocycles. The Balaban J connectivity index is 1.48. The van der Waals surface area contributed by atoms with Crippen molar-refractivity contribution in [3.8, 4) is 0 Å². The Morgan fingerprint density at radius 1 is 1.33 bits per heavy atom. The van der Waals surface area contributed by atoms with Crippen LogP contribution in [0.3, 0.4) is 0 Å². The SMILES string of the molecule is O=C(NCC1CCOC1)N1CCCCC1c1nc2ccccc2s1. The van der Waals surface area contributed by atoms with Gasteiger partial charge >= 0.3 is 6.03 Å². The van der Waals surface area contributed by atoms with Gasteiger partial charge in [0.05, 0.1) is 22.9 Å². The van der Waals surface area contributed by atoms with Gasteiger partial charge in [-0.05, 0) is 37.8 Å². The average Bonchev–Trinajstić information content (AvgIpc) is 3.29. The van der Waals surface area contributed by atoms with Gasteiger partial charge in [0, 0.05) is 25.6 Å². The fourth-order valence-electron chi connectivity index (χ4n) is 3.54. The lowest BCUT2D eigenvalue weighted by Gasteiger charge is -2.34. The first-order valence-electron chi connectivity index (χ1n) is 8.79. The highest BCUT2D eigenvalue weighted by Gasteiger charge is 2.30. The number of para-hydroxylation sites is 1. The van der Waals surface area contributed by atoms with Crippen LogP contribution in [0.5, 0.6) is 0 Å². The number of rotatable bonds is 3. The van der Waals surface area contributed by atoms with E-state index in [4.69, 9.17) is 9.72 Å². The van der Waals surface area contributed by atoms with E-state index in [0.717, 1.165) is 56.0 Å². The van der Waals surface area contributed by atoms with Crippen LogP contribution in [0.15, 0.2) is 24.3 Å². The van der Waals surface area contributed by atoms with Gasteiger partial charge in [0.15, 0.2) is 0 Å². The number of hydrogen-bond donors (Lipinski definition) is 1. The first kappa shape index (κ1) is 15.8. The number of urea groups is 1. The van der Waals surface area contributed by atoms with Crippen LogP contribution in [-0.4, -0.2) is 42.2 Å². The van der Waals surface area contributed by atoms with E-state index in [1.807, 2.05) is 23.1 Å². The van der Waals surface area contributed by atoms with Crippen molar-refractivity contribution >= 4 is 27.6 Å². The Hall–Kier alpha value is -1.66. The van der Waals surface area contributed by atoms with E-state index < -0.39 is 0 Å². The quantitative estimate of drug-likeness (QED) is 0.925. The van der Waals surface area contributed by atoms with E-state index in [1.165, 1.54) is 4.70 Å². The highest BCUT2D eigenvalue weighted by atomic mass is 32.1. The van der Waals surface area contributed by atoms with Gasteiger partial charge in [0.2, 0.25) is 0 Å². The molecule has 2 unspecified atom stereocenters. The second-order valence-corrected chi connectivity index (χ2v) is 7.70. The van der Waals surface area contributed by atoms with Crippen molar-refractivity contribution in [3.63, 3.8) is 0 Å². The maximum atomic E-state index is 12.7. The number of carbonyl (C=O) groups excluding carboxylic acids is 1. The van der Waals surface area contributed by atoms with Crippen molar-refractivity contribution in [1.82, 2.24) is 15.2 Å². The van der Waals surface area contributed by atoms with Gasteiger partial charge in [-0.1, -0.05) is 12.1 Å². The Morgan fingerprint density at radius 3 is 3.08 bits per heavy atom. The number of ether oxygens (including phenoxy) is 1. The Bertz CT molecular complexity index is 678. The molecule has 4 rings (SSSR count). The third-order valence-electron chi connectivity index (χ3n) is 4.93. The second kappa shape index (κ2) is 7.07. The maximum absolute atomic E-state index is 12.7. The number of amides is 2. The van der Waals surface area contributed by atoms with Crippen LogP contribution in [-0.2, 0) is 4.74 Å². The third kappa shape index (κ3) is 3.26. The lowest BCUT2D eigenvalue weighted by Crippen LogP contribution is -2.45. The molecule has 2 aromatic rings. The molecule has 1 aromatic heterocycles. The van der Waals surface area contributed by atoms with Gasteiger partial charge in [0.1, 0.15) is 5.01 Å². The van der Waals surface area contributed by atoms with E-state index in [-0.39, 0.29) is 12.1 Å². The Kier molecular flexibility index (Phi) is 4.67. The predicted octanol–water partition coefficient (Wildman–Crippen LogP) is 3.57. The first-order valence-corrected chi connectivity index (χ1v) is 9.60. The minimum absolute atomic E-state index is 0.0471. The van der Waals surface area contributed by atoms with Crippen molar-refractivity contribution in [2.45, 2.75) is 31.7 Å². The minimum atomic E-state index is 0.0471. The van der Waals surface area contributed by atoms with Crippen LogP contribution in [0.4, 0.5) is 4.79 Å². The standard InChI is InChI=1S/C18H23N3O2S/c22-18(19-11-13-8-10-23-12-13)21-9-4-3-6-15(21)17-20-14-5-1-2-7-16(14)24-17/h1-2,5,7,13,15H,3-4,6,8-12H2,(H,19,22). The van der Waals surface area contributed by atoms with Crippen molar-refractivity contribution < 1.29 is 9.53 Å². The summed E-state index contributed by atoms with van der Waals surface area (Å²) in [6, 6.07) is 8.36. The zero-order chi connectivity index (χ0) is 16.4. The van der Waals surface area contributed by atoms with Crippen molar-refractivity contribution in [2.75, 3.05) is 26.3 Å². The van der Waals surface area contributed by atoms with Crippen LogP contribution in [0.25, 0.3) is 10.2 Å². The lowest BCUT2D eigenvalue weighted by atomic mass is 10.0. The molecule has 2 amide bonds. The molecule has 0 bridgehead atoms. The summed E-state index contributed by atoms with van der Waals surface area (Å²) >= 11 is 1.72. The summed E-state index contributed by atoms with van der Waals surface area (Å²) in [7, 11) is 0. The molecule has 5 nitrogen and oxygen atoms in total. The predicted molar refractivity (Wildman–Crippen MR) is 95.2 cm³/mol. The summed E-state index contributed by atoms with van der Waals surface area (Å²) in [5, 5.41) is 4.18. The molecule has 2 aliphatic rings. The molecule has 6 heteroatoms. The molecule has 128 valence electrons. The number of nitrogens with one attached hydrogen (secondary N) is 1. The number of piperidine rings is 1. The Morgan fingerprint density at radius 2 is 2.25 bits per heavy atom. The summed E-state index contributed by atoms with van der Waals surface area (Å²) in [4.78, 5) is 19.5. The van der Waals surface area contributed by atoms with Crippen LogP contribution in [0, 0.1) is 5.92 Å². The topological polar surface area (TPSA) is 54.5 Å². The monoisotopic (exact) mass is 345 g/mol.